The van der Waals surface area contributed by atoms with Crippen LogP contribution in [0.15, 0.2) is 18.2 Å². The third-order valence-corrected chi connectivity index (χ3v) is 2.37. The minimum atomic E-state index is -4.60. The van der Waals surface area contributed by atoms with Crippen LogP contribution in [0.5, 0.6) is 0 Å². The zero-order valence-electron chi connectivity index (χ0n) is 10.1. The summed E-state index contributed by atoms with van der Waals surface area (Å²) in [6.45, 7) is 3.16. The molecule has 0 aliphatic rings. The molecule has 2 N–H and O–H groups in total. The average Bonchev–Trinajstić information content (AvgIpc) is 2.23. The molecule has 1 rings (SSSR count). The molecule has 0 heterocycles. The number of aliphatic hydroxyl groups is 1. The second-order valence-electron chi connectivity index (χ2n) is 4.33. The number of alkyl halides is 3. The first kappa shape index (κ1) is 14.9. The molecule has 6 heteroatoms. The second-order valence-corrected chi connectivity index (χ2v) is 4.33. The maximum Gasteiger partial charge on any atom is 0.416 e. The summed E-state index contributed by atoms with van der Waals surface area (Å²) < 4.78 is 50.8. The predicted molar refractivity (Wildman–Crippen MR) is 59.5 cm³/mol. The lowest BCUT2D eigenvalue weighted by molar-refractivity contribution is -0.137. The van der Waals surface area contributed by atoms with E-state index in [1.54, 1.807) is 13.8 Å². The minimum absolute atomic E-state index is 0.0419. The first-order chi connectivity index (χ1) is 8.24. The minimum Gasteiger partial charge on any atom is -0.394 e. The van der Waals surface area contributed by atoms with Gasteiger partial charge in [-0.3, -0.25) is 0 Å². The zero-order valence-corrected chi connectivity index (χ0v) is 10.1. The first-order valence-electron chi connectivity index (χ1n) is 5.48. The highest BCUT2D eigenvalue weighted by molar-refractivity contribution is 5.29. The Morgan fingerprint density at radius 1 is 1.22 bits per heavy atom. The van der Waals surface area contributed by atoms with E-state index in [9.17, 15) is 17.6 Å². The van der Waals surface area contributed by atoms with Crippen molar-refractivity contribution in [2.45, 2.75) is 32.1 Å². The van der Waals surface area contributed by atoms with Gasteiger partial charge in [-0.25, -0.2) is 4.39 Å². The molecule has 0 fully saturated rings. The number of hydrogen-bond acceptors (Lipinski definition) is 2. The lowest BCUT2D eigenvalue weighted by Crippen LogP contribution is -2.30. The lowest BCUT2D eigenvalue weighted by atomic mass is 10.0. The van der Waals surface area contributed by atoms with Crippen molar-refractivity contribution in [3.63, 3.8) is 0 Å². The van der Waals surface area contributed by atoms with Crippen molar-refractivity contribution < 1.29 is 22.7 Å². The molecule has 1 aromatic rings. The second kappa shape index (κ2) is 5.67. The summed E-state index contributed by atoms with van der Waals surface area (Å²) in [5.74, 6) is -0.969. The van der Waals surface area contributed by atoms with Crippen molar-refractivity contribution in [2.24, 2.45) is 0 Å². The molecule has 0 radical (unpaired) electrons. The normalized spacial score (nSPS) is 14.0. The highest BCUT2D eigenvalue weighted by Gasteiger charge is 2.32. The largest absolute Gasteiger partial charge is 0.416 e. The van der Waals surface area contributed by atoms with Gasteiger partial charge < -0.3 is 10.4 Å². The summed E-state index contributed by atoms with van der Waals surface area (Å²) in [5, 5.41) is 12.0. The Kier molecular flexibility index (Phi) is 4.70. The van der Waals surface area contributed by atoms with Crippen LogP contribution in [0, 0.1) is 5.82 Å². The molecule has 0 spiro atoms. The van der Waals surface area contributed by atoms with Crippen molar-refractivity contribution in [1.82, 2.24) is 5.32 Å². The van der Waals surface area contributed by atoms with E-state index >= 15 is 0 Å². The maximum absolute atomic E-state index is 13.2. The Labute approximate surface area is 103 Å². The molecule has 2 nitrogen and oxygen atoms in total. The molecule has 18 heavy (non-hydrogen) atoms. The van der Waals surface area contributed by atoms with Crippen LogP contribution < -0.4 is 5.32 Å². The van der Waals surface area contributed by atoms with Crippen LogP contribution in [0.3, 0.4) is 0 Å². The van der Waals surface area contributed by atoms with Crippen molar-refractivity contribution in [3.8, 4) is 0 Å². The molecule has 1 unspecified atom stereocenters. The lowest BCUT2D eigenvalue weighted by Gasteiger charge is -2.20. The van der Waals surface area contributed by atoms with Gasteiger partial charge in [-0.2, -0.15) is 13.2 Å². The van der Waals surface area contributed by atoms with Crippen LogP contribution in [0.2, 0.25) is 0 Å². The Morgan fingerprint density at radius 3 is 2.28 bits per heavy atom. The zero-order chi connectivity index (χ0) is 13.9. The number of benzene rings is 1. The fraction of sp³-hybridized carbons (Fsp3) is 0.500. The fourth-order valence-electron chi connectivity index (χ4n) is 1.63. The number of nitrogens with one attached hydrogen (secondary N) is 1. The maximum atomic E-state index is 13.2. The molecule has 0 aliphatic carbocycles. The third-order valence-electron chi connectivity index (χ3n) is 2.37. The number of halogens is 4. The quantitative estimate of drug-likeness (QED) is 0.820. The van der Waals surface area contributed by atoms with Crippen molar-refractivity contribution >= 4 is 0 Å². The van der Waals surface area contributed by atoms with Gasteiger partial charge >= 0.3 is 6.18 Å². The summed E-state index contributed by atoms with van der Waals surface area (Å²) >= 11 is 0. The van der Waals surface area contributed by atoms with Gasteiger partial charge in [0.2, 0.25) is 0 Å². The summed E-state index contributed by atoms with van der Waals surface area (Å²) in [6, 6.07) is 1.51. The van der Waals surface area contributed by atoms with E-state index in [1.165, 1.54) is 0 Å². The molecular weight excluding hydrogens is 250 g/mol. The van der Waals surface area contributed by atoms with Gasteiger partial charge in [-0.05, 0) is 23.8 Å². The summed E-state index contributed by atoms with van der Waals surface area (Å²) in [4.78, 5) is 0. The van der Waals surface area contributed by atoms with Crippen LogP contribution in [0.25, 0.3) is 0 Å². The molecule has 0 saturated carbocycles. The Morgan fingerprint density at radius 2 is 1.83 bits per heavy atom. The molecule has 0 aliphatic heterocycles. The van der Waals surface area contributed by atoms with Crippen LogP contribution in [-0.4, -0.2) is 17.8 Å². The van der Waals surface area contributed by atoms with Gasteiger partial charge in [0.05, 0.1) is 18.2 Å². The molecule has 102 valence electrons. The van der Waals surface area contributed by atoms with Gasteiger partial charge in [0.1, 0.15) is 5.82 Å². The van der Waals surface area contributed by atoms with E-state index in [0.29, 0.717) is 6.07 Å². The van der Waals surface area contributed by atoms with Crippen LogP contribution in [0.4, 0.5) is 17.6 Å². The summed E-state index contributed by atoms with van der Waals surface area (Å²) in [7, 11) is 0. The highest BCUT2D eigenvalue weighted by atomic mass is 19.4. The van der Waals surface area contributed by atoms with Gasteiger partial charge in [-0.1, -0.05) is 13.8 Å². The van der Waals surface area contributed by atoms with E-state index in [4.69, 9.17) is 5.11 Å². The summed E-state index contributed by atoms with van der Waals surface area (Å²) in [6.07, 6.45) is -4.60. The number of aliphatic hydroxyl groups excluding tert-OH is 1. The highest BCUT2D eigenvalue weighted by Crippen LogP contribution is 2.31. The van der Waals surface area contributed by atoms with Gasteiger partial charge in [0.15, 0.2) is 0 Å². The van der Waals surface area contributed by atoms with Crippen LogP contribution >= 0.6 is 0 Å². The summed E-state index contributed by atoms with van der Waals surface area (Å²) in [5.41, 5.74) is -0.972. The number of rotatable bonds is 4. The topological polar surface area (TPSA) is 32.3 Å². The Bertz CT molecular complexity index is 404. The molecule has 1 atom stereocenters. The number of hydrogen-bond donors (Lipinski definition) is 2. The molecule has 0 saturated heterocycles. The monoisotopic (exact) mass is 265 g/mol. The Balaban J connectivity index is 3.11. The van der Waals surface area contributed by atoms with Gasteiger partial charge in [0.25, 0.3) is 0 Å². The first-order valence-corrected chi connectivity index (χ1v) is 5.48. The average molecular weight is 265 g/mol. The van der Waals surface area contributed by atoms with Crippen molar-refractivity contribution in [3.05, 3.63) is 35.1 Å². The van der Waals surface area contributed by atoms with Gasteiger partial charge in [-0.15, -0.1) is 0 Å². The fourth-order valence-corrected chi connectivity index (χ4v) is 1.63. The standard InChI is InChI=1S/C12H15F4NO/c1-7(2)17-11(6-18)8-3-9(12(14,15)16)5-10(13)4-8/h3-5,7,11,17-18H,6H2,1-2H3. The van der Waals surface area contributed by atoms with E-state index in [1.807, 2.05) is 0 Å². The van der Waals surface area contributed by atoms with E-state index < -0.39 is 30.2 Å². The SMILES string of the molecule is CC(C)NC(CO)c1cc(F)cc(C(F)(F)F)c1. The van der Waals surface area contributed by atoms with E-state index in [2.05, 4.69) is 5.32 Å². The van der Waals surface area contributed by atoms with Gasteiger partial charge in [0, 0.05) is 6.04 Å². The van der Waals surface area contributed by atoms with Crippen LogP contribution in [-0.2, 0) is 6.18 Å². The third kappa shape index (κ3) is 3.96. The van der Waals surface area contributed by atoms with Crippen molar-refractivity contribution in [1.29, 1.82) is 0 Å². The van der Waals surface area contributed by atoms with E-state index in [-0.39, 0.29) is 11.6 Å². The molecule has 0 bridgehead atoms. The smallest absolute Gasteiger partial charge is 0.394 e. The molecule has 0 amide bonds. The van der Waals surface area contributed by atoms with E-state index in [0.717, 1.165) is 12.1 Å². The molecule has 1 aromatic carbocycles. The predicted octanol–water partition coefficient (Wildman–Crippen LogP) is 2.88. The van der Waals surface area contributed by atoms with Crippen molar-refractivity contribution in [2.75, 3.05) is 6.61 Å². The molecular formula is C12H15F4NO. The molecule has 0 aromatic heterocycles. The Hall–Kier alpha value is -1.14. The van der Waals surface area contributed by atoms with Crippen LogP contribution in [0.1, 0.15) is 31.0 Å².